The van der Waals surface area contributed by atoms with Gasteiger partial charge in [-0.25, -0.2) is 4.79 Å². The third-order valence-corrected chi connectivity index (χ3v) is 5.02. The van der Waals surface area contributed by atoms with Crippen LogP contribution in [0.2, 0.25) is 0 Å². The Morgan fingerprint density at radius 2 is 1.75 bits per heavy atom. The van der Waals surface area contributed by atoms with Crippen LogP contribution >= 0.6 is 11.8 Å². The molecule has 4 N–H and O–H groups in total. The second kappa shape index (κ2) is 10.4. The summed E-state index contributed by atoms with van der Waals surface area (Å²) in [6, 6.07) is 14.3. The number of hydrogen-bond donors (Lipinski definition) is 3. The fraction of sp³-hybridized carbons (Fsp3) is 0.250. The summed E-state index contributed by atoms with van der Waals surface area (Å²) in [5.74, 6) is 0.0507. The van der Waals surface area contributed by atoms with Crippen LogP contribution in [0.15, 0.2) is 53.4 Å². The van der Waals surface area contributed by atoms with E-state index < -0.39 is 0 Å². The Morgan fingerprint density at radius 3 is 2.39 bits per heavy atom. The lowest BCUT2D eigenvalue weighted by atomic mass is 10.1. The van der Waals surface area contributed by atoms with Crippen molar-refractivity contribution in [2.45, 2.75) is 17.9 Å². The summed E-state index contributed by atoms with van der Waals surface area (Å²) in [6.07, 6.45) is 0.277. The van der Waals surface area contributed by atoms with Crippen molar-refractivity contribution in [3.63, 3.8) is 0 Å². The first kappa shape index (κ1) is 21.3. The number of anilines is 1. The van der Waals surface area contributed by atoms with Crippen molar-refractivity contribution in [1.82, 2.24) is 10.2 Å². The molecular formula is C20H24N4O3S. The van der Waals surface area contributed by atoms with Crippen LogP contribution in [0.3, 0.4) is 0 Å². The highest BCUT2D eigenvalue weighted by Crippen LogP contribution is 2.27. The lowest BCUT2D eigenvalue weighted by Gasteiger charge is -2.19. The number of urea groups is 1. The van der Waals surface area contributed by atoms with Crippen molar-refractivity contribution >= 4 is 35.3 Å². The average Bonchev–Trinajstić information content (AvgIpc) is 2.69. The van der Waals surface area contributed by atoms with Crippen molar-refractivity contribution in [2.24, 2.45) is 5.73 Å². The number of rotatable bonds is 8. The molecule has 0 fully saturated rings. The van der Waals surface area contributed by atoms with Gasteiger partial charge in [0.25, 0.3) is 5.91 Å². The molecule has 0 aliphatic heterocycles. The number of hydrogen-bond acceptors (Lipinski definition) is 4. The number of carbonyl (C=O) groups excluding carboxylic acids is 3. The van der Waals surface area contributed by atoms with E-state index in [0.717, 1.165) is 10.5 Å². The number of primary amides is 1. The summed E-state index contributed by atoms with van der Waals surface area (Å²) >= 11 is 1.47. The Balaban J connectivity index is 1.97. The van der Waals surface area contributed by atoms with Crippen molar-refractivity contribution in [2.75, 3.05) is 25.2 Å². The summed E-state index contributed by atoms with van der Waals surface area (Å²) in [6.45, 7) is 0.400. The van der Waals surface area contributed by atoms with Gasteiger partial charge in [0.2, 0.25) is 5.91 Å². The smallest absolute Gasteiger partial charge is 0.321 e. The number of thioether (sulfide) groups is 1. The Hall–Kier alpha value is -3.00. The van der Waals surface area contributed by atoms with Crippen molar-refractivity contribution < 1.29 is 14.4 Å². The van der Waals surface area contributed by atoms with Gasteiger partial charge in [-0.3, -0.25) is 9.59 Å². The van der Waals surface area contributed by atoms with E-state index in [0.29, 0.717) is 23.5 Å². The van der Waals surface area contributed by atoms with Crippen LogP contribution in [0.1, 0.15) is 22.3 Å². The molecule has 2 aromatic carbocycles. The first-order chi connectivity index (χ1) is 13.4. The highest BCUT2D eigenvalue weighted by molar-refractivity contribution is 7.99. The third kappa shape index (κ3) is 6.31. The maximum absolute atomic E-state index is 12.5. The van der Waals surface area contributed by atoms with Gasteiger partial charge >= 0.3 is 6.03 Å². The number of nitrogens with two attached hydrogens (primary N) is 1. The summed E-state index contributed by atoms with van der Waals surface area (Å²) in [5.41, 5.74) is 7.34. The van der Waals surface area contributed by atoms with Gasteiger partial charge < -0.3 is 21.3 Å². The number of nitrogens with zero attached hydrogens (tertiary/aromatic N) is 1. The standard InChI is InChI=1S/C20H24N4O3S/c1-22-19(26)15-9-7-14(8-10-15)13-24(2)20(27)23-16-5-3-4-6-17(16)28-12-11-18(21)25/h3-10H,11-13H2,1-2H3,(H2,21,25)(H,22,26)(H,23,27). The van der Waals surface area contributed by atoms with E-state index in [1.165, 1.54) is 11.8 Å². The lowest BCUT2D eigenvalue weighted by molar-refractivity contribution is -0.117. The first-order valence-electron chi connectivity index (χ1n) is 8.74. The van der Waals surface area contributed by atoms with Gasteiger partial charge in [-0.1, -0.05) is 24.3 Å². The normalized spacial score (nSPS) is 10.2. The lowest BCUT2D eigenvalue weighted by Crippen LogP contribution is -2.31. The molecule has 0 spiro atoms. The van der Waals surface area contributed by atoms with Gasteiger partial charge in [0.1, 0.15) is 0 Å². The van der Waals surface area contributed by atoms with Crippen LogP contribution < -0.4 is 16.4 Å². The fourth-order valence-corrected chi connectivity index (χ4v) is 3.39. The molecule has 7 nitrogen and oxygen atoms in total. The summed E-state index contributed by atoms with van der Waals surface area (Å²) in [4.78, 5) is 37.5. The predicted octanol–water partition coefficient (Wildman–Crippen LogP) is 2.68. The van der Waals surface area contributed by atoms with E-state index in [-0.39, 0.29) is 24.3 Å². The van der Waals surface area contributed by atoms with E-state index in [1.807, 2.05) is 36.4 Å². The van der Waals surface area contributed by atoms with Crippen LogP contribution in [0.25, 0.3) is 0 Å². The first-order valence-corrected chi connectivity index (χ1v) is 9.72. The third-order valence-electron chi connectivity index (χ3n) is 3.94. The molecule has 0 radical (unpaired) electrons. The molecule has 0 unspecified atom stereocenters. The molecule has 0 heterocycles. The van der Waals surface area contributed by atoms with Gasteiger partial charge in [0, 0.05) is 43.3 Å². The van der Waals surface area contributed by atoms with Crippen LogP contribution in [0.5, 0.6) is 0 Å². The highest BCUT2D eigenvalue weighted by atomic mass is 32.2. The molecule has 0 saturated heterocycles. The monoisotopic (exact) mass is 400 g/mol. The minimum atomic E-state index is -0.351. The zero-order chi connectivity index (χ0) is 20.5. The fourth-order valence-electron chi connectivity index (χ4n) is 2.42. The summed E-state index contributed by atoms with van der Waals surface area (Å²) in [7, 11) is 3.28. The number of nitrogens with one attached hydrogen (secondary N) is 2. The van der Waals surface area contributed by atoms with Gasteiger partial charge in [-0.15, -0.1) is 11.8 Å². The number of amides is 4. The van der Waals surface area contributed by atoms with Gasteiger partial charge in [0.05, 0.1) is 5.69 Å². The van der Waals surface area contributed by atoms with Crippen LogP contribution in [0, 0.1) is 0 Å². The molecule has 0 atom stereocenters. The zero-order valence-corrected chi connectivity index (χ0v) is 16.7. The highest BCUT2D eigenvalue weighted by Gasteiger charge is 2.12. The Labute approximate surface area is 168 Å². The van der Waals surface area contributed by atoms with E-state index in [9.17, 15) is 14.4 Å². The molecule has 4 amide bonds. The van der Waals surface area contributed by atoms with E-state index >= 15 is 0 Å². The van der Waals surface area contributed by atoms with Gasteiger partial charge in [0.15, 0.2) is 0 Å². The summed E-state index contributed by atoms with van der Waals surface area (Å²) < 4.78 is 0. The summed E-state index contributed by atoms with van der Waals surface area (Å²) in [5, 5.41) is 5.47. The Kier molecular flexibility index (Phi) is 7.88. The molecule has 2 rings (SSSR count). The number of carbonyl (C=O) groups is 3. The Morgan fingerprint density at radius 1 is 1.07 bits per heavy atom. The Bertz CT molecular complexity index is 840. The van der Waals surface area contributed by atoms with Crippen LogP contribution in [0.4, 0.5) is 10.5 Å². The number of benzene rings is 2. The van der Waals surface area contributed by atoms with E-state index in [1.54, 1.807) is 31.1 Å². The second-order valence-electron chi connectivity index (χ2n) is 6.12. The minimum absolute atomic E-state index is 0.150. The zero-order valence-electron chi connectivity index (χ0n) is 15.9. The largest absolute Gasteiger partial charge is 0.370 e. The van der Waals surface area contributed by atoms with Crippen molar-refractivity contribution in [3.05, 3.63) is 59.7 Å². The van der Waals surface area contributed by atoms with Gasteiger partial charge in [-0.05, 0) is 29.8 Å². The molecule has 28 heavy (non-hydrogen) atoms. The SMILES string of the molecule is CNC(=O)c1ccc(CN(C)C(=O)Nc2ccccc2SCCC(N)=O)cc1. The molecule has 2 aromatic rings. The molecule has 8 heteroatoms. The molecule has 0 saturated carbocycles. The van der Waals surface area contributed by atoms with Crippen LogP contribution in [-0.4, -0.2) is 42.6 Å². The van der Waals surface area contributed by atoms with Crippen molar-refractivity contribution in [1.29, 1.82) is 0 Å². The second-order valence-corrected chi connectivity index (χ2v) is 7.26. The average molecular weight is 401 g/mol. The van der Waals surface area contributed by atoms with Crippen molar-refractivity contribution in [3.8, 4) is 0 Å². The maximum Gasteiger partial charge on any atom is 0.321 e. The predicted molar refractivity (Wildman–Crippen MR) is 111 cm³/mol. The van der Waals surface area contributed by atoms with E-state index in [4.69, 9.17) is 5.73 Å². The topological polar surface area (TPSA) is 105 Å². The molecule has 0 aliphatic carbocycles. The molecule has 0 aliphatic rings. The van der Waals surface area contributed by atoms with Crippen LogP contribution in [-0.2, 0) is 11.3 Å². The number of para-hydroxylation sites is 1. The maximum atomic E-state index is 12.5. The minimum Gasteiger partial charge on any atom is -0.370 e. The molecule has 0 aromatic heterocycles. The van der Waals surface area contributed by atoms with Gasteiger partial charge in [-0.2, -0.15) is 0 Å². The molecule has 148 valence electrons. The molecule has 0 bridgehead atoms. The molecular weight excluding hydrogens is 376 g/mol. The van der Waals surface area contributed by atoms with E-state index in [2.05, 4.69) is 10.6 Å². The quantitative estimate of drug-likeness (QED) is 0.593.